The number of pyridine rings is 2. The van der Waals surface area contributed by atoms with Crippen LogP contribution in [-0.2, 0) is 13.7 Å². The number of anilines is 1. The second-order valence-corrected chi connectivity index (χ2v) is 6.05. The molecular weight excluding hydrogens is 354 g/mol. The second kappa shape index (κ2) is 7.84. The van der Waals surface area contributed by atoms with E-state index in [2.05, 4.69) is 10.3 Å². The Bertz CT molecular complexity index is 970. The first kappa shape index (κ1) is 17.7. The summed E-state index contributed by atoms with van der Waals surface area (Å²) in [6.45, 7) is 0.230. The summed E-state index contributed by atoms with van der Waals surface area (Å²) in [5.74, 6) is -0.234. The van der Waals surface area contributed by atoms with E-state index in [9.17, 15) is 9.59 Å². The van der Waals surface area contributed by atoms with Crippen LogP contribution in [0.25, 0.3) is 0 Å². The van der Waals surface area contributed by atoms with Crippen molar-refractivity contribution in [3.63, 3.8) is 0 Å². The van der Waals surface area contributed by atoms with Gasteiger partial charge in [-0.1, -0.05) is 23.7 Å². The molecule has 1 N–H and O–H groups in total. The van der Waals surface area contributed by atoms with E-state index in [0.29, 0.717) is 10.7 Å². The van der Waals surface area contributed by atoms with E-state index in [0.717, 1.165) is 5.56 Å². The molecule has 2 heterocycles. The maximum atomic E-state index is 12.4. The number of hydrogen-bond donors (Lipinski definition) is 1. The van der Waals surface area contributed by atoms with Crippen molar-refractivity contribution in [2.24, 2.45) is 7.05 Å². The largest absolute Gasteiger partial charge is 0.483 e. The average molecular weight is 370 g/mol. The Morgan fingerprint density at radius 1 is 1.27 bits per heavy atom. The number of nitrogens with one attached hydrogen (secondary N) is 1. The molecule has 3 rings (SSSR count). The van der Waals surface area contributed by atoms with Crippen LogP contribution in [0.5, 0.6) is 5.75 Å². The molecule has 0 radical (unpaired) electrons. The van der Waals surface area contributed by atoms with E-state index in [1.54, 1.807) is 42.1 Å². The number of rotatable bonds is 5. The van der Waals surface area contributed by atoms with Crippen molar-refractivity contribution < 1.29 is 9.53 Å². The minimum absolute atomic E-state index is 0.167. The number of aromatic nitrogens is 2. The molecule has 0 unspecified atom stereocenters. The molecule has 132 valence electrons. The van der Waals surface area contributed by atoms with Crippen molar-refractivity contribution >= 4 is 23.2 Å². The summed E-state index contributed by atoms with van der Waals surface area (Å²) in [5.41, 5.74) is 1.29. The predicted molar refractivity (Wildman–Crippen MR) is 99.7 cm³/mol. The van der Waals surface area contributed by atoms with Crippen LogP contribution in [0.1, 0.15) is 16.1 Å². The first-order chi connectivity index (χ1) is 12.5. The Labute approximate surface area is 155 Å². The van der Waals surface area contributed by atoms with Gasteiger partial charge in [-0.15, -0.1) is 0 Å². The van der Waals surface area contributed by atoms with Crippen molar-refractivity contribution in [2.75, 3.05) is 5.32 Å². The molecule has 26 heavy (non-hydrogen) atoms. The van der Waals surface area contributed by atoms with Gasteiger partial charge < -0.3 is 14.6 Å². The first-order valence-electron chi connectivity index (χ1n) is 7.82. The molecule has 7 heteroatoms. The third-order valence-electron chi connectivity index (χ3n) is 3.66. The number of benzene rings is 1. The summed E-state index contributed by atoms with van der Waals surface area (Å²) in [5, 5.41) is 3.33. The second-order valence-electron chi connectivity index (χ2n) is 5.61. The molecule has 0 fully saturated rings. The van der Waals surface area contributed by atoms with Gasteiger partial charge >= 0.3 is 0 Å². The van der Waals surface area contributed by atoms with E-state index in [4.69, 9.17) is 16.3 Å². The van der Waals surface area contributed by atoms with Crippen LogP contribution >= 0.6 is 11.6 Å². The molecule has 0 spiro atoms. The molecule has 0 aliphatic rings. The molecule has 0 atom stereocenters. The topological polar surface area (TPSA) is 73.2 Å². The lowest BCUT2D eigenvalue weighted by atomic mass is 10.2. The highest BCUT2D eigenvalue weighted by Crippen LogP contribution is 2.13. The lowest BCUT2D eigenvalue weighted by Gasteiger charge is -2.12. The normalized spacial score (nSPS) is 10.4. The third kappa shape index (κ3) is 4.29. The highest BCUT2D eigenvalue weighted by Gasteiger charge is 2.13. The fourth-order valence-electron chi connectivity index (χ4n) is 2.31. The van der Waals surface area contributed by atoms with Crippen LogP contribution < -0.4 is 15.5 Å². The van der Waals surface area contributed by atoms with Crippen LogP contribution in [0, 0.1) is 0 Å². The van der Waals surface area contributed by atoms with Gasteiger partial charge in [0, 0.05) is 24.3 Å². The SMILES string of the molecule is Cn1cc(OCc2ccc(Cl)cc2)c(=O)cc1C(=O)Nc1cccnc1. The summed E-state index contributed by atoms with van der Waals surface area (Å²) in [4.78, 5) is 28.6. The summed E-state index contributed by atoms with van der Waals surface area (Å²) in [6, 6.07) is 11.8. The van der Waals surface area contributed by atoms with Crippen LogP contribution in [0.2, 0.25) is 5.02 Å². The van der Waals surface area contributed by atoms with Crippen molar-refractivity contribution in [1.29, 1.82) is 0 Å². The summed E-state index contributed by atoms with van der Waals surface area (Å²) in [6.07, 6.45) is 4.63. The molecule has 6 nitrogen and oxygen atoms in total. The standard InChI is InChI=1S/C19H16ClN3O3/c1-23-11-18(26-12-13-4-6-14(20)7-5-13)17(24)9-16(23)19(25)22-15-3-2-8-21-10-15/h2-11H,12H2,1H3,(H,22,25). The maximum Gasteiger partial charge on any atom is 0.272 e. The Hall–Kier alpha value is -3.12. The summed E-state index contributed by atoms with van der Waals surface area (Å²) < 4.78 is 7.12. The molecule has 1 aromatic carbocycles. The number of hydrogen-bond acceptors (Lipinski definition) is 4. The van der Waals surface area contributed by atoms with E-state index in [-0.39, 0.29) is 23.5 Å². The number of halogens is 1. The minimum atomic E-state index is -0.401. The molecule has 2 aromatic heterocycles. The van der Waals surface area contributed by atoms with Crippen LogP contribution in [-0.4, -0.2) is 15.5 Å². The van der Waals surface area contributed by atoms with Crippen molar-refractivity contribution in [2.45, 2.75) is 6.61 Å². The van der Waals surface area contributed by atoms with E-state index in [1.165, 1.54) is 18.5 Å². The lowest BCUT2D eigenvalue weighted by Crippen LogP contribution is -2.21. The van der Waals surface area contributed by atoms with Gasteiger partial charge in [-0.25, -0.2) is 0 Å². The summed E-state index contributed by atoms with van der Waals surface area (Å²) in [7, 11) is 1.67. The number of aryl methyl sites for hydroxylation is 1. The van der Waals surface area contributed by atoms with Crippen molar-refractivity contribution in [3.05, 3.63) is 87.6 Å². The van der Waals surface area contributed by atoms with Gasteiger partial charge in [0.15, 0.2) is 5.75 Å². The van der Waals surface area contributed by atoms with Gasteiger partial charge in [-0.3, -0.25) is 14.6 Å². The fraction of sp³-hybridized carbons (Fsp3) is 0.105. The van der Waals surface area contributed by atoms with E-state index >= 15 is 0 Å². The molecule has 0 saturated heterocycles. The zero-order chi connectivity index (χ0) is 18.5. The zero-order valence-corrected chi connectivity index (χ0v) is 14.7. The quantitative estimate of drug-likeness (QED) is 0.749. The molecule has 0 aliphatic carbocycles. The molecule has 0 aliphatic heterocycles. The summed E-state index contributed by atoms with van der Waals surface area (Å²) >= 11 is 5.84. The average Bonchev–Trinajstić information content (AvgIpc) is 2.64. The highest BCUT2D eigenvalue weighted by molar-refractivity contribution is 6.30. The van der Waals surface area contributed by atoms with Crippen molar-refractivity contribution in [3.8, 4) is 5.75 Å². The number of carbonyl (C=O) groups is 1. The molecule has 0 bridgehead atoms. The third-order valence-corrected chi connectivity index (χ3v) is 3.91. The maximum absolute atomic E-state index is 12.4. The lowest BCUT2D eigenvalue weighted by molar-refractivity contribution is 0.101. The molecule has 3 aromatic rings. The Morgan fingerprint density at radius 3 is 2.73 bits per heavy atom. The van der Waals surface area contributed by atoms with Crippen LogP contribution in [0.3, 0.4) is 0 Å². The number of carbonyl (C=O) groups excluding carboxylic acids is 1. The molecule has 0 saturated carbocycles. The number of amides is 1. The van der Waals surface area contributed by atoms with Gasteiger partial charge in [0.05, 0.1) is 18.1 Å². The van der Waals surface area contributed by atoms with E-state index < -0.39 is 5.91 Å². The molecular formula is C19H16ClN3O3. The predicted octanol–water partition coefficient (Wildman–Crippen LogP) is 3.27. The van der Waals surface area contributed by atoms with Crippen molar-refractivity contribution in [1.82, 2.24) is 9.55 Å². The fourth-order valence-corrected chi connectivity index (χ4v) is 2.44. The van der Waals surface area contributed by atoms with Gasteiger partial charge in [-0.05, 0) is 29.8 Å². The van der Waals surface area contributed by atoms with Gasteiger partial charge in [-0.2, -0.15) is 0 Å². The monoisotopic (exact) mass is 369 g/mol. The first-order valence-corrected chi connectivity index (χ1v) is 8.20. The van der Waals surface area contributed by atoms with Crippen LogP contribution in [0.4, 0.5) is 5.69 Å². The number of nitrogens with zero attached hydrogens (tertiary/aromatic N) is 2. The number of ether oxygens (including phenoxy) is 1. The van der Waals surface area contributed by atoms with Crippen LogP contribution in [0.15, 0.2) is 65.8 Å². The Kier molecular flexibility index (Phi) is 5.34. The van der Waals surface area contributed by atoms with Gasteiger partial charge in [0.2, 0.25) is 5.43 Å². The smallest absolute Gasteiger partial charge is 0.272 e. The minimum Gasteiger partial charge on any atom is -0.483 e. The molecule has 1 amide bonds. The van der Waals surface area contributed by atoms with Gasteiger partial charge in [0.1, 0.15) is 12.3 Å². The zero-order valence-electron chi connectivity index (χ0n) is 14.0. The highest BCUT2D eigenvalue weighted by atomic mass is 35.5. The van der Waals surface area contributed by atoms with Gasteiger partial charge in [0.25, 0.3) is 5.91 Å². The Morgan fingerprint density at radius 2 is 2.04 bits per heavy atom. The Balaban J connectivity index is 1.74. The van der Waals surface area contributed by atoms with E-state index in [1.807, 2.05) is 12.1 Å².